The molecule has 1 heterocycles. The van der Waals surface area contributed by atoms with E-state index in [1.54, 1.807) is 0 Å². The van der Waals surface area contributed by atoms with Gasteiger partial charge in [0.25, 0.3) is 0 Å². The Bertz CT molecular complexity index is 400. The summed E-state index contributed by atoms with van der Waals surface area (Å²) < 4.78 is 5.68. The molecule has 0 radical (unpaired) electrons. The van der Waals surface area contributed by atoms with Crippen LogP contribution in [0, 0.1) is 0 Å². The lowest BCUT2D eigenvalue weighted by molar-refractivity contribution is 0.131. The monoisotopic (exact) mass is 263 g/mol. The smallest absolute Gasteiger partial charge is 0.125 e. The topological polar surface area (TPSA) is 41.7 Å². The summed E-state index contributed by atoms with van der Waals surface area (Å²) in [7, 11) is 0. The first-order chi connectivity index (χ1) is 9.22. The molecule has 1 aliphatic rings. The molecule has 1 saturated heterocycles. The van der Waals surface area contributed by atoms with Crippen molar-refractivity contribution < 1.29 is 4.74 Å². The summed E-state index contributed by atoms with van der Waals surface area (Å²) in [5.41, 5.74) is 7.83. The van der Waals surface area contributed by atoms with Gasteiger partial charge in [0.15, 0.2) is 0 Å². The van der Waals surface area contributed by atoms with Crippen LogP contribution in [-0.4, -0.2) is 49.1 Å². The second-order valence-electron chi connectivity index (χ2n) is 5.01. The molecule has 0 unspecified atom stereocenters. The molecule has 1 fully saturated rings. The van der Waals surface area contributed by atoms with Gasteiger partial charge in [0.2, 0.25) is 0 Å². The Morgan fingerprint density at radius 2 is 1.79 bits per heavy atom. The van der Waals surface area contributed by atoms with Crippen LogP contribution >= 0.6 is 0 Å². The van der Waals surface area contributed by atoms with Gasteiger partial charge < -0.3 is 15.4 Å². The van der Waals surface area contributed by atoms with E-state index in [1.807, 2.05) is 19.1 Å². The maximum absolute atomic E-state index is 5.83. The van der Waals surface area contributed by atoms with E-state index in [0.717, 1.165) is 50.7 Å². The van der Waals surface area contributed by atoms with E-state index in [2.05, 4.69) is 22.8 Å². The van der Waals surface area contributed by atoms with Crippen molar-refractivity contribution in [1.29, 1.82) is 0 Å². The first kappa shape index (κ1) is 14.2. The lowest BCUT2D eigenvalue weighted by Crippen LogP contribution is -2.45. The zero-order chi connectivity index (χ0) is 13.7. The summed E-state index contributed by atoms with van der Waals surface area (Å²) in [6.07, 6.45) is 0. The van der Waals surface area contributed by atoms with Crippen LogP contribution in [0.25, 0.3) is 0 Å². The third-order valence-electron chi connectivity index (χ3n) is 3.70. The van der Waals surface area contributed by atoms with E-state index in [1.165, 1.54) is 5.56 Å². The van der Waals surface area contributed by atoms with Crippen molar-refractivity contribution in [1.82, 2.24) is 9.80 Å². The first-order valence-electron chi connectivity index (χ1n) is 7.18. The van der Waals surface area contributed by atoms with Crippen LogP contribution in [0.2, 0.25) is 0 Å². The van der Waals surface area contributed by atoms with Gasteiger partial charge in [-0.05, 0) is 19.5 Å². The van der Waals surface area contributed by atoms with Crippen LogP contribution in [0.4, 0.5) is 5.69 Å². The predicted molar refractivity (Wildman–Crippen MR) is 79.4 cm³/mol. The highest BCUT2D eigenvalue weighted by molar-refractivity contribution is 5.48. The van der Waals surface area contributed by atoms with E-state index >= 15 is 0 Å². The van der Waals surface area contributed by atoms with Gasteiger partial charge >= 0.3 is 0 Å². The quantitative estimate of drug-likeness (QED) is 0.823. The Hall–Kier alpha value is -1.26. The molecule has 1 aromatic rings. The molecule has 4 heteroatoms. The minimum absolute atomic E-state index is 0.681. The number of nitrogen functional groups attached to an aromatic ring is 1. The van der Waals surface area contributed by atoms with Gasteiger partial charge in [-0.25, -0.2) is 0 Å². The minimum Gasteiger partial charge on any atom is -0.493 e. The fourth-order valence-corrected chi connectivity index (χ4v) is 2.50. The van der Waals surface area contributed by atoms with Gasteiger partial charge in [-0.1, -0.05) is 13.0 Å². The fourth-order valence-electron chi connectivity index (χ4n) is 2.50. The molecule has 2 N–H and O–H groups in total. The average Bonchev–Trinajstić information content (AvgIpc) is 2.43. The van der Waals surface area contributed by atoms with Crippen LogP contribution in [-0.2, 0) is 6.54 Å². The molecule has 106 valence electrons. The van der Waals surface area contributed by atoms with Crippen LogP contribution in [0.15, 0.2) is 18.2 Å². The van der Waals surface area contributed by atoms with Crippen molar-refractivity contribution in [2.45, 2.75) is 20.4 Å². The highest BCUT2D eigenvalue weighted by Gasteiger charge is 2.17. The first-order valence-corrected chi connectivity index (χ1v) is 7.18. The van der Waals surface area contributed by atoms with Gasteiger partial charge in [-0.2, -0.15) is 0 Å². The molecule has 4 nitrogen and oxygen atoms in total. The number of nitrogens with two attached hydrogens (primary N) is 1. The highest BCUT2D eigenvalue weighted by atomic mass is 16.5. The normalized spacial score (nSPS) is 17.6. The molecule has 19 heavy (non-hydrogen) atoms. The number of nitrogens with zero attached hydrogens (tertiary/aromatic N) is 2. The Kier molecular flexibility index (Phi) is 5.05. The SMILES string of the molecule is CCOc1cc(N)ccc1CN1CCN(CC)CC1. The number of rotatable bonds is 5. The summed E-state index contributed by atoms with van der Waals surface area (Å²) in [6.45, 7) is 11.6. The highest BCUT2D eigenvalue weighted by Crippen LogP contribution is 2.23. The Balaban J connectivity index is 1.99. The van der Waals surface area contributed by atoms with Gasteiger partial charge in [-0.3, -0.25) is 4.90 Å². The summed E-state index contributed by atoms with van der Waals surface area (Å²) in [5, 5.41) is 0. The number of piperazine rings is 1. The third-order valence-corrected chi connectivity index (χ3v) is 3.70. The number of likely N-dealkylation sites (N-methyl/N-ethyl adjacent to an activating group) is 1. The van der Waals surface area contributed by atoms with E-state index in [-0.39, 0.29) is 0 Å². The number of benzene rings is 1. The summed E-state index contributed by atoms with van der Waals surface area (Å²) >= 11 is 0. The Morgan fingerprint density at radius 3 is 2.42 bits per heavy atom. The molecular formula is C15H25N3O. The van der Waals surface area contributed by atoms with Crippen molar-refractivity contribution >= 4 is 5.69 Å². The molecular weight excluding hydrogens is 238 g/mol. The number of anilines is 1. The second-order valence-corrected chi connectivity index (χ2v) is 5.01. The largest absolute Gasteiger partial charge is 0.493 e. The maximum atomic E-state index is 5.83. The molecule has 0 aromatic heterocycles. The van der Waals surface area contributed by atoms with Gasteiger partial charge in [0.05, 0.1) is 6.61 Å². The second kappa shape index (κ2) is 6.78. The van der Waals surface area contributed by atoms with Crippen LogP contribution in [0.1, 0.15) is 19.4 Å². The van der Waals surface area contributed by atoms with E-state index in [4.69, 9.17) is 10.5 Å². The van der Waals surface area contributed by atoms with E-state index in [0.29, 0.717) is 6.61 Å². The molecule has 0 atom stereocenters. The molecule has 1 aliphatic heterocycles. The van der Waals surface area contributed by atoms with E-state index in [9.17, 15) is 0 Å². The lowest BCUT2D eigenvalue weighted by atomic mass is 10.1. The lowest BCUT2D eigenvalue weighted by Gasteiger charge is -2.34. The zero-order valence-electron chi connectivity index (χ0n) is 12.1. The van der Waals surface area contributed by atoms with Crippen LogP contribution < -0.4 is 10.5 Å². The predicted octanol–water partition coefficient (Wildman–Crippen LogP) is 1.80. The summed E-state index contributed by atoms with van der Waals surface area (Å²) in [6, 6.07) is 5.98. The summed E-state index contributed by atoms with van der Waals surface area (Å²) in [4.78, 5) is 4.98. The molecule has 0 aliphatic carbocycles. The van der Waals surface area contributed by atoms with Gasteiger partial charge in [-0.15, -0.1) is 0 Å². The zero-order valence-corrected chi connectivity index (χ0v) is 12.1. The van der Waals surface area contributed by atoms with E-state index < -0.39 is 0 Å². The molecule has 0 amide bonds. The molecule has 0 spiro atoms. The van der Waals surface area contributed by atoms with Crippen LogP contribution in [0.5, 0.6) is 5.75 Å². The Morgan fingerprint density at radius 1 is 1.11 bits per heavy atom. The van der Waals surface area contributed by atoms with Crippen molar-refractivity contribution in [3.8, 4) is 5.75 Å². The number of ether oxygens (including phenoxy) is 1. The Labute approximate surface area is 116 Å². The van der Waals surface area contributed by atoms with Crippen molar-refractivity contribution in [2.24, 2.45) is 0 Å². The van der Waals surface area contributed by atoms with Crippen molar-refractivity contribution in [3.05, 3.63) is 23.8 Å². The van der Waals surface area contributed by atoms with Crippen molar-refractivity contribution in [2.75, 3.05) is 45.1 Å². The standard InChI is InChI=1S/C15H25N3O/c1-3-17-7-9-18(10-8-17)12-13-5-6-14(16)11-15(13)19-4-2/h5-6,11H,3-4,7-10,12,16H2,1-2H3. The van der Waals surface area contributed by atoms with Crippen LogP contribution in [0.3, 0.4) is 0 Å². The average molecular weight is 263 g/mol. The van der Waals surface area contributed by atoms with Crippen molar-refractivity contribution in [3.63, 3.8) is 0 Å². The van der Waals surface area contributed by atoms with Gasteiger partial charge in [0.1, 0.15) is 5.75 Å². The minimum atomic E-state index is 0.681. The molecule has 2 rings (SSSR count). The molecule has 0 saturated carbocycles. The van der Waals surface area contributed by atoms with Gasteiger partial charge in [0, 0.05) is 50.0 Å². The summed E-state index contributed by atoms with van der Waals surface area (Å²) in [5.74, 6) is 0.931. The maximum Gasteiger partial charge on any atom is 0.125 e. The third kappa shape index (κ3) is 3.85. The molecule has 0 bridgehead atoms. The molecule has 1 aromatic carbocycles. The number of hydrogen-bond acceptors (Lipinski definition) is 4. The number of hydrogen-bond donors (Lipinski definition) is 1. The fraction of sp³-hybridized carbons (Fsp3) is 0.600.